The Morgan fingerprint density at radius 2 is 0.526 bits per heavy atom. The van der Waals surface area contributed by atoms with Crippen LogP contribution in [0, 0.1) is 21.7 Å². The summed E-state index contributed by atoms with van der Waals surface area (Å²) in [7, 11) is 2.28. The topological polar surface area (TPSA) is 477 Å². The molecule has 2 N–H and O–H groups in total. The Morgan fingerprint density at radius 1 is 0.353 bits per heavy atom. The minimum atomic E-state index is -0.972. The van der Waals surface area contributed by atoms with Crippen LogP contribution in [0.25, 0.3) is 20.9 Å². The van der Waals surface area contributed by atoms with Crippen LogP contribution in [-0.4, -0.2) is 402 Å². The van der Waals surface area contributed by atoms with Gasteiger partial charge in [-0.3, -0.25) is 67.9 Å². The molecule has 770 valence electrons. The molecule has 0 aliphatic carbocycles. The minimum Gasteiger partial charge on any atom is -0.480 e. The standard InChI is InChI=1S/C30H57N7O6.C29H55N7O6.C24H50N4O2.4CO2.S3.S2.H2S/c1-28(2,3)23-36-16-15-34(21-25(38)42-29(4,5)6)13-14-35(22-26(39)43-30(7,8)9)17-19-37(20-18-36)24(27(40)41-10)11-12-32-33-31;1-27(2,3)22-35-15-14-33(20-24(37)41-28(4,5)6)12-13-34(21-25(38)42-29(7,8)9)16-18-36(19-17-35)23(26(39)40)10-11-31-32-30;1-22(2,3)19-27-13-11-25-10-12-26(18-21(29)30-24(7,8)9)14-15-28(17-16-27)20-23(4,5)6;4*2-1-3;1-3-2;1-2;/h24H,11-23H2,1-10H3;23H,10-22H2,1-9H3,(H,39,40);25H,10-20H2,1-9H3;;;;;;;1H2. The molecule has 3 aliphatic rings. The van der Waals surface area contributed by atoms with Crippen molar-refractivity contribution in [1.29, 1.82) is 0 Å². The molecule has 0 radical (unpaired) electrons. The summed E-state index contributed by atoms with van der Waals surface area (Å²) < 4.78 is 33.1. The second-order valence-corrected chi connectivity index (χ2v) is 43.0. The molecule has 2 atom stereocenters. The number of aliphatic carboxylic acids is 1. The number of azide groups is 2. The Morgan fingerprint density at radius 3 is 0.722 bits per heavy atom. The number of carbonyl (C=O) groups is 7. The molecular formula is C87H164N18O22S6. The Balaban J connectivity index is -0.000000331. The molecule has 2 unspecified atom stereocenters. The van der Waals surface area contributed by atoms with Gasteiger partial charge in [0.25, 0.3) is 0 Å². The van der Waals surface area contributed by atoms with E-state index in [1.54, 1.807) is 0 Å². The van der Waals surface area contributed by atoms with Crippen molar-refractivity contribution in [3.8, 4) is 0 Å². The summed E-state index contributed by atoms with van der Waals surface area (Å²) in [5, 5.41) is 20.9. The van der Waals surface area contributed by atoms with Crippen molar-refractivity contribution >= 4 is 134 Å². The molecule has 0 aromatic carbocycles. The minimum absolute atomic E-state index is 0. The third-order valence-electron chi connectivity index (χ3n) is 17.8. The SMILES string of the molecule is CC(C)(C)CN1CCN(CC(=O)OC(C)(C)C)CCN(CC(=O)OC(C)(C)C)CCN(C(CCN=[N+]=[N-])C(=O)O)CC1.CC(C)(C)CN1CCNCCN(CC(=O)OC(C)(C)C)CCN(CC(C)(C)C)CC1.COC(=O)C(CCN=[N+]=[N-])N1CCN(CC(=O)OC(C)(C)C)CCN(CC(=O)OC(C)(C)C)CCN(CC(C)(C)C)CC1.O=C=O.O=C=O.O=C=O.O=C=O.S.S=S.S=S=S. The lowest BCUT2D eigenvalue weighted by Gasteiger charge is -2.38. The maximum absolute atomic E-state index is 12.9. The van der Waals surface area contributed by atoms with E-state index < -0.39 is 46.1 Å². The molecule has 3 saturated heterocycles. The van der Waals surface area contributed by atoms with E-state index in [1.807, 2.05) is 119 Å². The number of hydrogen-bond donors (Lipinski definition) is 2. The van der Waals surface area contributed by atoms with E-state index in [9.17, 15) is 38.7 Å². The predicted molar refractivity (Wildman–Crippen MR) is 523 cm³/mol. The third kappa shape index (κ3) is 91.6. The average Bonchev–Trinajstić information content (AvgIpc) is 0.873. The molecule has 0 aromatic rings. The van der Waals surface area contributed by atoms with Crippen LogP contribution in [-0.2, 0) is 154 Å². The lowest BCUT2D eigenvalue weighted by atomic mass is 9.95. The predicted octanol–water partition coefficient (Wildman–Crippen LogP) is 6.97. The fraction of sp³-hybridized carbons (Fsp3) is 0.874. The summed E-state index contributed by atoms with van der Waals surface area (Å²) in [5.74, 6) is -2.78. The molecule has 0 saturated carbocycles. The van der Waals surface area contributed by atoms with E-state index in [1.165, 1.54) is 7.11 Å². The van der Waals surface area contributed by atoms with Gasteiger partial charge in [0.2, 0.25) is 0 Å². The highest BCUT2D eigenvalue weighted by Crippen LogP contribution is 2.23. The van der Waals surface area contributed by atoms with Gasteiger partial charge < -0.3 is 58.4 Å². The molecule has 40 nitrogen and oxygen atoms in total. The third-order valence-corrected chi connectivity index (χ3v) is 17.8. The highest BCUT2D eigenvalue weighted by atomic mass is 33.1. The summed E-state index contributed by atoms with van der Waals surface area (Å²) in [6.07, 6.45) is 1.51. The maximum atomic E-state index is 12.9. The van der Waals surface area contributed by atoms with Crippen molar-refractivity contribution in [2.45, 2.75) is 240 Å². The molecule has 0 amide bonds. The second kappa shape index (κ2) is 75.4. The van der Waals surface area contributed by atoms with Crippen LogP contribution in [0.3, 0.4) is 0 Å². The summed E-state index contributed by atoms with van der Waals surface area (Å²) in [4.78, 5) is 184. The van der Waals surface area contributed by atoms with Crippen molar-refractivity contribution in [1.82, 2.24) is 59.2 Å². The Hall–Kier alpha value is -6.60. The first-order valence-electron chi connectivity index (χ1n) is 44.0. The van der Waals surface area contributed by atoms with Gasteiger partial charge in [-0.2, -0.15) is 51.9 Å². The Labute approximate surface area is 822 Å². The van der Waals surface area contributed by atoms with E-state index in [-0.39, 0.29) is 136 Å². The van der Waals surface area contributed by atoms with Crippen LogP contribution in [0.2, 0.25) is 0 Å². The number of nitrogens with zero attached hydrogens (tertiary/aromatic N) is 17. The summed E-state index contributed by atoms with van der Waals surface area (Å²) >= 11 is 15.6. The Kier molecular flexibility index (Phi) is 79.1. The zero-order valence-electron chi connectivity index (χ0n) is 85.0. The van der Waals surface area contributed by atoms with Gasteiger partial charge in [0.15, 0.2) is 0 Å². The van der Waals surface area contributed by atoms with Crippen molar-refractivity contribution in [2.24, 2.45) is 31.9 Å². The van der Waals surface area contributed by atoms with E-state index in [4.69, 9.17) is 77.8 Å². The van der Waals surface area contributed by atoms with Crippen LogP contribution in [0.15, 0.2) is 10.2 Å². The highest BCUT2D eigenvalue weighted by molar-refractivity contribution is 8.37. The normalized spacial score (nSPS) is 16.8. The van der Waals surface area contributed by atoms with E-state index in [2.05, 4.69) is 192 Å². The number of carboxylic acid groups (broad SMARTS) is 1. The molecule has 0 aromatic heterocycles. The van der Waals surface area contributed by atoms with Crippen LogP contribution < -0.4 is 5.32 Å². The van der Waals surface area contributed by atoms with Gasteiger partial charge >= 0.3 is 66.4 Å². The smallest absolute Gasteiger partial charge is 0.373 e. The van der Waals surface area contributed by atoms with Crippen LogP contribution in [0.5, 0.6) is 0 Å². The molecule has 46 heteroatoms. The quantitative estimate of drug-likeness (QED) is 0.0324. The first kappa shape index (κ1) is 139. The number of carboxylic acids is 1. The maximum Gasteiger partial charge on any atom is 0.373 e. The van der Waals surface area contributed by atoms with Gasteiger partial charge in [0.1, 0.15) is 40.1 Å². The molecule has 0 spiro atoms. The van der Waals surface area contributed by atoms with Crippen molar-refractivity contribution in [2.75, 3.05) is 236 Å². The molecule has 3 heterocycles. The Bertz CT molecular complexity index is 3470. The van der Waals surface area contributed by atoms with Crippen LogP contribution >= 0.6 is 13.5 Å². The van der Waals surface area contributed by atoms with E-state index in [0.29, 0.717) is 123 Å². The molecule has 3 rings (SSSR count). The van der Waals surface area contributed by atoms with Gasteiger partial charge in [-0.1, -0.05) is 93.3 Å². The summed E-state index contributed by atoms with van der Waals surface area (Å²) in [6, 6.07) is -1.43. The molecular weight excluding hydrogens is 1840 g/mol. The number of hydrogen-bond acceptors (Lipinski definition) is 39. The summed E-state index contributed by atoms with van der Waals surface area (Å²) in [5.41, 5.74) is 15.3. The number of nitrogens with one attached hydrogen (secondary N) is 1. The first-order valence-corrected chi connectivity index (χ1v) is 48.0. The molecule has 3 fully saturated rings. The van der Waals surface area contributed by atoms with E-state index in [0.717, 1.165) is 87.4 Å². The van der Waals surface area contributed by atoms with Gasteiger partial charge in [0, 0.05) is 260 Å². The fourth-order valence-electron chi connectivity index (χ4n) is 13.6. The lowest BCUT2D eigenvalue weighted by molar-refractivity contribution is -0.193. The average molecular weight is 2010 g/mol. The molecule has 3 aliphatic heterocycles. The van der Waals surface area contributed by atoms with Gasteiger partial charge in [0.05, 0.1) is 39.8 Å². The highest BCUT2D eigenvalue weighted by Gasteiger charge is 2.34. The van der Waals surface area contributed by atoms with E-state index >= 15 is 0 Å². The van der Waals surface area contributed by atoms with Gasteiger partial charge in [-0.25, -0.2) is 0 Å². The molecule has 133 heavy (non-hydrogen) atoms. The number of ether oxygens (including phenoxy) is 6. The number of rotatable bonds is 24. The van der Waals surface area contributed by atoms with Gasteiger partial charge in [-0.05, 0) is 149 Å². The van der Waals surface area contributed by atoms with Crippen molar-refractivity contribution < 1.29 is 105 Å². The first-order chi connectivity index (χ1) is 60.8. The van der Waals surface area contributed by atoms with Crippen LogP contribution in [0.1, 0.15) is 200 Å². The molecule has 0 bridgehead atoms. The summed E-state index contributed by atoms with van der Waals surface area (Å²) in [6.45, 7) is 76.1. The largest absolute Gasteiger partial charge is 0.480 e. The number of methoxy groups -OCH3 is 1. The fourth-order valence-corrected chi connectivity index (χ4v) is 13.6. The zero-order chi connectivity index (χ0) is 104. The second-order valence-electron chi connectivity index (χ2n) is 41.3. The number of esters is 6. The number of carbonyl (C=O) groups excluding carboxylic acids is 14. The van der Waals surface area contributed by atoms with Crippen molar-refractivity contribution in [3.63, 3.8) is 0 Å². The van der Waals surface area contributed by atoms with Gasteiger partial charge in [-0.15, -0.1) is 0 Å². The monoisotopic (exact) mass is 2010 g/mol. The zero-order valence-corrected chi connectivity index (χ0v) is 90.1. The van der Waals surface area contributed by atoms with Crippen LogP contribution in [0.4, 0.5) is 0 Å². The lowest BCUT2D eigenvalue weighted by Crippen LogP contribution is -2.52. The van der Waals surface area contributed by atoms with Crippen molar-refractivity contribution in [3.05, 3.63) is 20.9 Å².